The van der Waals surface area contributed by atoms with Crippen molar-refractivity contribution in [2.24, 2.45) is 0 Å². The van der Waals surface area contributed by atoms with Crippen molar-refractivity contribution in [2.75, 3.05) is 0 Å². The van der Waals surface area contributed by atoms with Crippen LogP contribution in [0.25, 0.3) is 0 Å². The van der Waals surface area contributed by atoms with Crippen molar-refractivity contribution >= 4 is 39.3 Å². The van der Waals surface area contributed by atoms with Crippen LogP contribution in [-0.2, 0) is 9.59 Å². The van der Waals surface area contributed by atoms with Crippen molar-refractivity contribution in [3.05, 3.63) is 33.5 Å². The van der Waals surface area contributed by atoms with Crippen molar-refractivity contribution in [1.82, 2.24) is 5.32 Å². The van der Waals surface area contributed by atoms with Crippen LogP contribution in [0.3, 0.4) is 0 Å². The molecule has 1 aromatic carbocycles. The number of imide groups is 1. The first kappa shape index (κ1) is 12.5. The van der Waals surface area contributed by atoms with Gasteiger partial charge in [0.25, 0.3) is 0 Å². The van der Waals surface area contributed by atoms with Gasteiger partial charge in [-0.1, -0.05) is 0 Å². The van der Waals surface area contributed by atoms with E-state index >= 15 is 0 Å². The van der Waals surface area contributed by atoms with Crippen LogP contribution < -0.4 is 5.32 Å². The van der Waals surface area contributed by atoms with Crippen molar-refractivity contribution in [1.29, 1.82) is 0 Å². The molecule has 0 radical (unpaired) electrons. The fourth-order valence-electron chi connectivity index (χ4n) is 1.85. The molecule has 0 bridgehead atoms. The van der Waals surface area contributed by atoms with Gasteiger partial charge in [-0.15, -0.1) is 11.6 Å². The Morgan fingerprint density at radius 3 is 2.53 bits per heavy atom. The molecule has 0 aliphatic carbocycles. The van der Waals surface area contributed by atoms with Crippen LogP contribution in [0.1, 0.15) is 17.0 Å². The summed E-state index contributed by atoms with van der Waals surface area (Å²) in [6.45, 7) is 1.67. The number of benzene rings is 1. The second kappa shape index (κ2) is 4.38. The predicted molar refractivity (Wildman–Crippen MR) is 64.4 cm³/mol. The van der Waals surface area contributed by atoms with Gasteiger partial charge in [-0.2, -0.15) is 0 Å². The second-order valence-corrected chi connectivity index (χ2v) is 5.18. The maximum absolute atomic E-state index is 13.3. The van der Waals surface area contributed by atoms with Crippen LogP contribution in [0.15, 0.2) is 16.6 Å². The van der Waals surface area contributed by atoms with E-state index < -0.39 is 28.9 Å². The van der Waals surface area contributed by atoms with Crippen LogP contribution in [0.4, 0.5) is 4.39 Å². The number of hydrogen-bond acceptors (Lipinski definition) is 2. The fraction of sp³-hybridized carbons (Fsp3) is 0.273. The molecule has 1 aromatic rings. The largest absolute Gasteiger partial charge is 0.295 e. The van der Waals surface area contributed by atoms with Gasteiger partial charge in [0, 0.05) is 0 Å². The van der Waals surface area contributed by atoms with Crippen LogP contribution in [0, 0.1) is 12.7 Å². The number of hydrogen-bond donors (Lipinski definition) is 1. The minimum absolute atomic E-state index is 0.245. The molecule has 2 amide bonds. The van der Waals surface area contributed by atoms with E-state index in [9.17, 15) is 14.0 Å². The monoisotopic (exact) mass is 319 g/mol. The summed E-state index contributed by atoms with van der Waals surface area (Å²) >= 11 is 8.93. The van der Waals surface area contributed by atoms with Crippen molar-refractivity contribution in [3.63, 3.8) is 0 Å². The molecular formula is C11H8BrClFNO2. The molecule has 2 atom stereocenters. The van der Waals surface area contributed by atoms with Crippen molar-refractivity contribution in [3.8, 4) is 0 Å². The van der Waals surface area contributed by atoms with Gasteiger partial charge in [0.1, 0.15) is 11.2 Å². The number of carbonyl (C=O) groups excluding carboxylic acids is 2. The summed E-state index contributed by atoms with van der Waals surface area (Å²) in [5.41, 5.74) is 1.15. The summed E-state index contributed by atoms with van der Waals surface area (Å²) in [5, 5.41) is 1.21. The molecule has 3 nitrogen and oxygen atoms in total. The minimum Gasteiger partial charge on any atom is -0.295 e. The van der Waals surface area contributed by atoms with E-state index in [2.05, 4.69) is 21.2 Å². The van der Waals surface area contributed by atoms with E-state index in [0.29, 0.717) is 11.1 Å². The number of nitrogens with one attached hydrogen (secondary N) is 1. The molecule has 2 unspecified atom stereocenters. The summed E-state index contributed by atoms with van der Waals surface area (Å²) in [6.07, 6.45) is 0. The topological polar surface area (TPSA) is 46.2 Å². The molecule has 1 fully saturated rings. The lowest BCUT2D eigenvalue weighted by Gasteiger charge is -2.14. The van der Waals surface area contributed by atoms with Gasteiger partial charge in [-0.05, 0) is 46.1 Å². The molecule has 17 heavy (non-hydrogen) atoms. The molecule has 1 aliphatic rings. The molecule has 1 heterocycles. The molecule has 0 spiro atoms. The summed E-state index contributed by atoms with van der Waals surface area (Å²) in [7, 11) is 0. The number of halogens is 3. The van der Waals surface area contributed by atoms with Gasteiger partial charge in [0.05, 0.1) is 10.4 Å². The van der Waals surface area contributed by atoms with Crippen molar-refractivity contribution in [2.45, 2.75) is 18.2 Å². The zero-order valence-corrected chi connectivity index (χ0v) is 11.1. The average Bonchev–Trinajstić information content (AvgIpc) is 2.48. The summed E-state index contributed by atoms with van der Waals surface area (Å²) in [4.78, 5) is 22.9. The van der Waals surface area contributed by atoms with Crippen LogP contribution in [-0.4, -0.2) is 17.2 Å². The average molecular weight is 321 g/mol. The first-order valence-corrected chi connectivity index (χ1v) is 6.09. The maximum atomic E-state index is 13.3. The molecule has 90 valence electrons. The molecular weight excluding hydrogens is 312 g/mol. The summed E-state index contributed by atoms with van der Waals surface area (Å²) in [5.74, 6) is -2.14. The molecule has 0 aromatic heterocycles. The van der Waals surface area contributed by atoms with Gasteiger partial charge in [-0.3, -0.25) is 14.9 Å². The highest BCUT2D eigenvalue weighted by Crippen LogP contribution is 2.33. The van der Waals surface area contributed by atoms with E-state index in [1.54, 1.807) is 6.92 Å². The number of amides is 2. The van der Waals surface area contributed by atoms with Gasteiger partial charge in [0.15, 0.2) is 0 Å². The Morgan fingerprint density at radius 1 is 1.35 bits per heavy atom. The quantitative estimate of drug-likeness (QED) is 0.637. The Kier molecular flexibility index (Phi) is 3.23. The predicted octanol–water partition coefficient (Wildman–Crippen LogP) is 2.24. The molecule has 2 rings (SSSR count). The first-order chi connectivity index (χ1) is 7.91. The lowest BCUT2D eigenvalue weighted by molar-refractivity contribution is -0.125. The van der Waals surface area contributed by atoms with Gasteiger partial charge in [0.2, 0.25) is 11.8 Å². The molecule has 6 heteroatoms. The highest BCUT2D eigenvalue weighted by atomic mass is 79.9. The van der Waals surface area contributed by atoms with E-state index in [4.69, 9.17) is 11.6 Å². The number of carbonyl (C=O) groups is 2. The first-order valence-electron chi connectivity index (χ1n) is 4.86. The van der Waals surface area contributed by atoms with Crippen LogP contribution in [0.2, 0.25) is 0 Å². The van der Waals surface area contributed by atoms with Crippen molar-refractivity contribution < 1.29 is 14.0 Å². The Bertz CT molecular complexity index is 520. The van der Waals surface area contributed by atoms with Gasteiger partial charge in [-0.25, -0.2) is 4.39 Å². The van der Waals surface area contributed by atoms with Gasteiger partial charge < -0.3 is 0 Å². The lowest BCUT2D eigenvalue weighted by atomic mass is 9.93. The fourth-order valence-corrected chi connectivity index (χ4v) is 2.51. The third-order valence-corrected chi connectivity index (χ3v) is 3.77. The van der Waals surface area contributed by atoms with Crippen LogP contribution >= 0.6 is 27.5 Å². The zero-order chi connectivity index (χ0) is 12.7. The standard InChI is InChI=1S/C11H8BrClFNO2/c1-4-2-7(14)6(12)3-5(4)8-9(13)11(17)15-10(8)16/h2-3,8-9H,1H3,(H,15,16,17). The molecule has 0 saturated carbocycles. The normalized spacial score (nSPS) is 24.0. The van der Waals surface area contributed by atoms with E-state index in [-0.39, 0.29) is 4.47 Å². The Labute approximate surface area is 110 Å². The minimum atomic E-state index is -0.946. The van der Waals surface area contributed by atoms with E-state index in [1.807, 2.05) is 0 Å². The van der Waals surface area contributed by atoms with Crippen LogP contribution in [0.5, 0.6) is 0 Å². The molecule has 1 aliphatic heterocycles. The SMILES string of the molecule is Cc1cc(F)c(Br)cc1C1C(=O)NC(=O)C1Cl. The third kappa shape index (κ3) is 2.09. The zero-order valence-electron chi connectivity index (χ0n) is 8.76. The van der Waals surface area contributed by atoms with Gasteiger partial charge >= 0.3 is 0 Å². The number of rotatable bonds is 1. The highest BCUT2D eigenvalue weighted by molar-refractivity contribution is 9.10. The summed E-state index contributed by atoms with van der Waals surface area (Å²) < 4.78 is 13.5. The Balaban J connectivity index is 2.51. The lowest BCUT2D eigenvalue weighted by Crippen LogP contribution is -2.22. The Hall–Kier alpha value is -0.940. The molecule has 1 saturated heterocycles. The van der Waals surface area contributed by atoms with E-state index in [1.165, 1.54) is 12.1 Å². The second-order valence-electron chi connectivity index (χ2n) is 3.86. The highest BCUT2D eigenvalue weighted by Gasteiger charge is 2.42. The molecule has 1 N–H and O–H groups in total. The van der Waals surface area contributed by atoms with E-state index in [0.717, 1.165) is 0 Å². The third-order valence-electron chi connectivity index (χ3n) is 2.72. The summed E-state index contributed by atoms with van der Waals surface area (Å²) in [6, 6.07) is 2.79. The smallest absolute Gasteiger partial charge is 0.245 e. The number of alkyl halides is 1. The Morgan fingerprint density at radius 2 is 2.00 bits per heavy atom. The number of aryl methyl sites for hydroxylation is 1. The maximum Gasteiger partial charge on any atom is 0.245 e.